The molecule has 0 atom stereocenters. The van der Waals surface area contributed by atoms with Gasteiger partial charge in [-0.05, 0) is 12.1 Å². The van der Waals surface area contributed by atoms with E-state index in [1.165, 1.54) is 0 Å². The molecule has 1 heterocycles. The second kappa shape index (κ2) is 5.14. The van der Waals surface area contributed by atoms with E-state index in [1.54, 1.807) is 0 Å². The molecule has 0 amide bonds. The summed E-state index contributed by atoms with van der Waals surface area (Å²) in [4.78, 5) is 4.30. The number of nitrogens with zero attached hydrogens (tertiary/aromatic N) is 2. The SMILES string of the molecule is ClCCOCCn1cnc2ccccc21. The lowest BCUT2D eigenvalue weighted by Gasteiger charge is -2.04. The van der Waals surface area contributed by atoms with Crippen LogP contribution in [0, 0.1) is 0 Å². The summed E-state index contributed by atoms with van der Waals surface area (Å²) >= 11 is 5.51. The predicted octanol–water partition coefficient (Wildman–Crippen LogP) is 2.29. The highest BCUT2D eigenvalue weighted by molar-refractivity contribution is 6.17. The Morgan fingerprint density at radius 2 is 2.13 bits per heavy atom. The normalized spacial score (nSPS) is 11.0. The van der Waals surface area contributed by atoms with E-state index < -0.39 is 0 Å². The average Bonchev–Trinajstić information content (AvgIpc) is 2.68. The van der Waals surface area contributed by atoms with E-state index in [2.05, 4.69) is 15.6 Å². The second-order valence-electron chi connectivity index (χ2n) is 3.23. The van der Waals surface area contributed by atoms with Crippen LogP contribution in [0.25, 0.3) is 11.0 Å². The Morgan fingerprint density at radius 3 is 3.00 bits per heavy atom. The minimum absolute atomic E-state index is 0.546. The predicted molar refractivity (Wildman–Crippen MR) is 61.3 cm³/mol. The first kappa shape index (κ1) is 10.5. The van der Waals surface area contributed by atoms with Crippen LogP contribution < -0.4 is 0 Å². The topological polar surface area (TPSA) is 27.1 Å². The minimum atomic E-state index is 0.546. The lowest BCUT2D eigenvalue weighted by atomic mass is 10.3. The molecule has 0 saturated heterocycles. The van der Waals surface area contributed by atoms with Gasteiger partial charge in [-0.1, -0.05) is 12.1 Å². The third-order valence-electron chi connectivity index (χ3n) is 2.23. The summed E-state index contributed by atoms with van der Waals surface area (Å²) in [6.45, 7) is 2.10. The molecule has 80 valence electrons. The molecule has 0 fully saturated rings. The van der Waals surface area contributed by atoms with Gasteiger partial charge in [0.1, 0.15) is 0 Å². The van der Waals surface area contributed by atoms with Gasteiger partial charge in [0.05, 0.1) is 30.6 Å². The molecular weight excluding hydrogens is 212 g/mol. The number of imidazole rings is 1. The molecule has 2 rings (SSSR count). The fourth-order valence-electron chi connectivity index (χ4n) is 1.51. The van der Waals surface area contributed by atoms with Gasteiger partial charge in [0.25, 0.3) is 0 Å². The highest BCUT2D eigenvalue weighted by Gasteiger charge is 2.00. The Balaban J connectivity index is 2.02. The molecule has 15 heavy (non-hydrogen) atoms. The maximum atomic E-state index is 5.51. The van der Waals surface area contributed by atoms with Gasteiger partial charge in [-0.2, -0.15) is 0 Å². The molecule has 4 heteroatoms. The van der Waals surface area contributed by atoms with Crippen LogP contribution in [0.3, 0.4) is 0 Å². The first-order valence-corrected chi connectivity index (χ1v) is 5.49. The number of para-hydroxylation sites is 2. The Bertz CT molecular complexity index is 427. The third kappa shape index (κ3) is 2.49. The Morgan fingerprint density at radius 1 is 1.27 bits per heavy atom. The van der Waals surface area contributed by atoms with Crippen molar-refractivity contribution in [2.75, 3.05) is 19.1 Å². The Hall–Kier alpha value is -1.06. The summed E-state index contributed by atoms with van der Waals surface area (Å²) in [7, 11) is 0. The zero-order chi connectivity index (χ0) is 10.5. The van der Waals surface area contributed by atoms with Crippen molar-refractivity contribution in [2.45, 2.75) is 6.54 Å². The fourth-order valence-corrected chi connectivity index (χ4v) is 1.62. The van der Waals surface area contributed by atoms with Crippen LogP contribution in [0.2, 0.25) is 0 Å². The molecule has 0 spiro atoms. The number of hydrogen-bond acceptors (Lipinski definition) is 2. The van der Waals surface area contributed by atoms with Crippen molar-refractivity contribution in [1.82, 2.24) is 9.55 Å². The lowest BCUT2D eigenvalue weighted by molar-refractivity contribution is 0.141. The van der Waals surface area contributed by atoms with Crippen LogP contribution >= 0.6 is 11.6 Å². The van der Waals surface area contributed by atoms with Crippen molar-refractivity contribution in [2.24, 2.45) is 0 Å². The zero-order valence-electron chi connectivity index (χ0n) is 8.40. The van der Waals surface area contributed by atoms with Crippen LogP contribution in [0.15, 0.2) is 30.6 Å². The summed E-state index contributed by atoms with van der Waals surface area (Å²) in [5.74, 6) is 0.546. The summed E-state index contributed by atoms with van der Waals surface area (Å²) < 4.78 is 7.41. The number of alkyl halides is 1. The van der Waals surface area contributed by atoms with Gasteiger partial charge in [0.2, 0.25) is 0 Å². The van der Waals surface area contributed by atoms with Crippen LogP contribution in [-0.4, -0.2) is 28.6 Å². The van der Waals surface area contributed by atoms with E-state index in [1.807, 2.05) is 24.5 Å². The van der Waals surface area contributed by atoms with Crippen molar-refractivity contribution in [1.29, 1.82) is 0 Å². The highest BCUT2D eigenvalue weighted by Crippen LogP contribution is 2.11. The molecule has 0 unspecified atom stereocenters. The van der Waals surface area contributed by atoms with Gasteiger partial charge in [0, 0.05) is 12.4 Å². The zero-order valence-corrected chi connectivity index (χ0v) is 9.15. The number of fused-ring (bicyclic) bond motifs is 1. The van der Waals surface area contributed by atoms with Gasteiger partial charge in [-0.25, -0.2) is 4.98 Å². The van der Waals surface area contributed by atoms with Gasteiger partial charge in [0.15, 0.2) is 0 Å². The molecule has 1 aromatic heterocycles. The van der Waals surface area contributed by atoms with Crippen LogP contribution in [0.5, 0.6) is 0 Å². The van der Waals surface area contributed by atoms with E-state index in [0.717, 1.165) is 17.6 Å². The molecule has 3 nitrogen and oxygen atoms in total. The maximum Gasteiger partial charge on any atom is 0.0959 e. The summed E-state index contributed by atoms with van der Waals surface area (Å²) in [5, 5.41) is 0. The third-order valence-corrected chi connectivity index (χ3v) is 2.38. The molecule has 2 aromatic rings. The summed E-state index contributed by atoms with van der Waals surface area (Å²) in [6.07, 6.45) is 1.84. The molecular formula is C11H13ClN2O. The van der Waals surface area contributed by atoms with Crippen molar-refractivity contribution < 1.29 is 4.74 Å². The molecule has 0 saturated carbocycles. The molecule has 1 aromatic carbocycles. The number of hydrogen-bond donors (Lipinski definition) is 0. The number of rotatable bonds is 5. The molecule has 0 radical (unpaired) electrons. The quantitative estimate of drug-likeness (QED) is 0.576. The lowest BCUT2D eigenvalue weighted by Crippen LogP contribution is -2.06. The van der Waals surface area contributed by atoms with Crippen LogP contribution in [-0.2, 0) is 11.3 Å². The molecule has 0 aliphatic carbocycles. The smallest absolute Gasteiger partial charge is 0.0959 e. The monoisotopic (exact) mass is 224 g/mol. The summed E-state index contributed by atoms with van der Waals surface area (Å²) in [6, 6.07) is 8.07. The summed E-state index contributed by atoms with van der Waals surface area (Å²) in [5.41, 5.74) is 2.17. The number of halogens is 1. The fraction of sp³-hybridized carbons (Fsp3) is 0.364. The second-order valence-corrected chi connectivity index (χ2v) is 3.61. The van der Waals surface area contributed by atoms with Crippen molar-refractivity contribution in [3.63, 3.8) is 0 Å². The van der Waals surface area contributed by atoms with Crippen LogP contribution in [0.4, 0.5) is 0 Å². The number of aromatic nitrogens is 2. The Kier molecular flexibility index (Phi) is 3.59. The molecule has 0 bridgehead atoms. The van der Waals surface area contributed by atoms with Gasteiger partial charge in [-0.15, -0.1) is 11.6 Å². The minimum Gasteiger partial charge on any atom is -0.378 e. The van der Waals surface area contributed by atoms with Crippen molar-refractivity contribution >= 4 is 22.6 Å². The van der Waals surface area contributed by atoms with E-state index >= 15 is 0 Å². The molecule has 0 N–H and O–H groups in total. The number of ether oxygens (including phenoxy) is 1. The van der Waals surface area contributed by atoms with Crippen molar-refractivity contribution in [3.05, 3.63) is 30.6 Å². The standard InChI is InChI=1S/C11H13ClN2O/c12-5-7-15-8-6-14-9-13-10-3-1-2-4-11(10)14/h1-4,9H,5-8H2. The first-order chi connectivity index (χ1) is 7.42. The average molecular weight is 225 g/mol. The van der Waals surface area contributed by atoms with Crippen molar-refractivity contribution in [3.8, 4) is 0 Å². The van der Waals surface area contributed by atoms with Gasteiger partial charge in [-0.3, -0.25) is 0 Å². The van der Waals surface area contributed by atoms with Gasteiger partial charge < -0.3 is 9.30 Å². The van der Waals surface area contributed by atoms with E-state index in [-0.39, 0.29) is 0 Å². The van der Waals surface area contributed by atoms with E-state index in [4.69, 9.17) is 16.3 Å². The molecule has 0 aliphatic heterocycles. The Labute approximate surface area is 93.6 Å². The number of benzene rings is 1. The first-order valence-electron chi connectivity index (χ1n) is 4.95. The van der Waals surface area contributed by atoms with Gasteiger partial charge >= 0.3 is 0 Å². The van der Waals surface area contributed by atoms with Crippen LogP contribution in [0.1, 0.15) is 0 Å². The van der Waals surface area contributed by atoms with E-state index in [9.17, 15) is 0 Å². The maximum absolute atomic E-state index is 5.51. The highest BCUT2D eigenvalue weighted by atomic mass is 35.5. The van der Waals surface area contributed by atoms with E-state index in [0.29, 0.717) is 19.1 Å². The molecule has 0 aliphatic rings. The largest absolute Gasteiger partial charge is 0.378 e.